The van der Waals surface area contributed by atoms with Gasteiger partial charge in [-0.3, -0.25) is 5.10 Å². The highest BCUT2D eigenvalue weighted by Crippen LogP contribution is 2.33. The smallest absolute Gasteiger partial charge is 0.154 e. The fourth-order valence-corrected chi connectivity index (χ4v) is 1.97. The number of nitrogen functional groups attached to an aromatic ring is 1. The lowest BCUT2D eigenvalue weighted by molar-refractivity contribution is 0.417. The molecule has 5 heteroatoms. The molecule has 0 amide bonds. The van der Waals surface area contributed by atoms with Gasteiger partial charge in [-0.2, -0.15) is 5.10 Å². The Kier molecular flexibility index (Phi) is 2.72. The number of benzene rings is 1. The molecule has 0 bridgehead atoms. The van der Waals surface area contributed by atoms with E-state index in [2.05, 4.69) is 10.2 Å². The van der Waals surface area contributed by atoms with Crippen molar-refractivity contribution in [3.63, 3.8) is 0 Å². The maximum absolute atomic E-state index is 6.06. The molecule has 0 radical (unpaired) electrons. The molecule has 0 unspecified atom stereocenters. The molecule has 3 N–H and O–H groups in total. The number of H-pyrrole nitrogens is 1. The van der Waals surface area contributed by atoms with Crippen LogP contribution >= 0.6 is 0 Å². The number of anilines is 1. The number of ether oxygens (including phenoxy) is 1. The first kappa shape index (κ1) is 11.4. The first-order chi connectivity index (χ1) is 9.29. The highest BCUT2D eigenvalue weighted by atomic mass is 16.5. The first-order valence-electron chi connectivity index (χ1n) is 5.81. The number of aromatic nitrogens is 2. The third-order valence-corrected chi connectivity index (χ3v) is 2.93. The minimum absolute atomic E-state index is 0.583. The summed E-state index contributed by atoms with van der Waals surface area (Å²) in [6.45, 7) is 0. The van der Waals surface area contributed by atoms with E-state index in [1.165, 1.54) is 0 Å². The summed E-state index contributed by atoms with van der Waals surface area (Å²) >= 11 is 0. The fourth-order valence-electron chi connectivity index (χ4n) is 1.97. The van der Waals surface area contributed by atoms with Crippen LogP contribution in [-0.2, 0) is 0 Å². The van der Waals surface area contributed by atoms with Crippen molar-refractivity contribution in [1.82, 2.24) is 10.2 Å². The van der Waals surface area contributed by atoms with Gasteiger partial charge in [0, 0.05) is 5.56 Å². The van der Waals surface area contributed by atoms with E-state index in [1.807, 2.05) is 36.4 Å². The van der Waals surface area contributed by atoms with E-state index in [4.69, 9.17) is 14.9 Å². The van der Waals surface area contributed by atoms with Crippen molar-refractivity contribution >= 4 is 5.69 Å². The monoisotopic (exact) mass is 255 g/mol. The van der Waals surface area contributed by atoms with Crippen molar-refractivity contribution in [2.45, 2.75) is 0 Å². The lowest BCUT2D eigenvalue weighted by Crippen LogP contribution is -1.95. The van der Waals surface area contributed by atoms with Gasteiger partial charge in [0.15, 0.2) is 5.76 Å². The van der Waals surface area contributed by atoms with Crippen molar-refractivity contribution in [2.75, 3.05) is 12.8 Å². The van der Waals surface area contributed by atoms with Crippen LogP contribution in [0, 0.1) is 0 Å². The number of rotatable bonds is 3. The predicted molar refractivity (Wildman–Crippen MR) is 72.7 cm³/mol. The normalized spacial score (nSPS) is 10.6. The zero-order chi connectivity index (χ0) is 13.2. The molecule has 2 aromatic heterocycles. The molecule has 0 saturated heterocycles. The summed E-state index contributed by atoms with van der Waals surface area (Å²) in [6, 6.07) is 11.2. The zero-order valence-electron chi connectivity index (χ0n) is 10.4. The second kappa shape index (κ2) is 4.53. The van der Waals surface area contributed by atoms with Crippen LogP contribution in [-0.4, -0.2) is 17.3 Å². The van der Waals surface area contributed by atoms with Crippen LogP contribution in [0.25, 0.3) is 22.7 Å². The van der Waals surface area contributed by atoms with E-state index in [1.54, 1.807) is 13.4 Å². The largest absolute Gasteiger partial charge is 0.495 e. The molecule has 1 aromatic carbocycles. The molecule has 0 aliphatic heterocycles. The molecule has 96 valence electrons. The Hall–Kier alpha value is -2.69. The molecule has 2 heterocycles. The molecule has 0 aliphatic rings. The number of hydrogen-bond acceptors (Lipinski definition) is 4. The van der Waals surface area contributed by atoms with Crippen molar-refractivity contribution in [3.05, 3.63) is 42.7 Å². The number of furan rings is 1. The number of hydrogen-bond donors (Lipinski definition) is 2. The van der Waals surface area contributed by atoms with Gasteiger partial charge in [-0.05, 0) is 24.3 Å². The molecule has 0 aliphatic carbocycles. The van der Waals surface area contributed by atoms with Gasteiger partial charge in [0.2, 0.25) is 0 Å². The van der Waals surface area contributed by atoms with Crippen molar-refractivity contribution < 1.29 is 9.15 Å². The third-order valence-electron chi connectivity index (χ3n) is 2.93. The van der Waals surface area contributed by atoms with Gasteiger partial charge < -0.3 is 14.9 Å². The van der Waals surface area contributed by atoms with Crippen LogP contribution in [0.3, 0.4) is 0 Å². The van der Waals surface area contributed by atoms with Crippen LogP contribution in [0.5, 0.6) is 5.75 Å². The van der Waals surface area contributed by atoms with Gasteiger partial charge in [-0.25, -0.2) is 0 Å². The van der Waals surface area contributed by atoms with Gasteiger partial charge in [-0.1, -0.05) is 12.1 Å². The Labute approximate surface area is 110 Å². The van der Waals surface area contributed by atoms with E-state index in [0.717, 1.165) is 17.0 Å². The summed E-state index contributed by atoms with van der Waals surface area (Å²) in [6.07, 6.45) is 1.61. The minimum atomic E-state index is 0.583. The zero-order valence-corrected chi connectivity index (χ0v) is 10.4. The number of nitrogens with two attached hydrogens (primary N) is 1. The second-order valence-electron chi connectivity index (χ2n) is 4.07. The molecule has 3 rings (SSSR count). The lowest BCUT2D eigenvalue weighted by Gasteiger charge is -2.07. The van der Waals surface area contributed by atoms with Crippen molar-refractivity contribution in [1.29, 1.82) is 0 Å². The van der Waals surface area contributed by atoms with Gasteiger partial charge in [0.1, 0.15) is 11.4 Å². The molecule has 3 aromatic rings. The minimum Gasteiger partial charge on any atom is -0.495 e. The molecule has 0 fully saturated rings. The van der Waals surface area contributed by atoms with Crippen LogP contribution in [0.1, 0.15) is 0 Å². The predicted octanol–water partition coefficient (Wildman–Crippen LogP) is 2.93. The van der Waals surface area contributed by atoms with Gasteiger partial charge in [-0.15, -0.1) is 0 Å². The Morgan fingerprint density at radius 1 is 1.26 bits per heavy atom. The van der Waals surface area contributed by atoms with Crippen molar-refractivity contribution in [2.24, 2.45) is 0 Å². The molecule has 0 saturated carbocycles. The van der Waals surface area contributed by atoms with E-state index >= 15 is 0 Å². The Morgan fingerprint density at radius 2 is 2.16 bits per heavy atom. The van der Waals surface area contributed by atoms with Gasteiger partial charge in [0.05, 0.1) is 24.8 Å². The van der Waals surface area contributed by atoms with Crippen LogP contribution in [0.2, 0.25) is 0 Å². The number of nitrogens with zero attached hydrogens (tertiary/aromatic N) is 1. The number of aromatic amines is 1. The highest BCUT2D eigenvalue weighted by molar-refractivity contribution is 5.80. The Morgan fingerprint density at radius 3 is 2.89 bits per heavy atom. The topological polar surface area (TPSA) is 77.1 Å². The summed E-state index contributed by atoms with van der Waals surface area (Å²) in [4.78, 5) is 0. The van der Waals surface area contributed by atoms with Crippen LogP contribution < -0.4 is 10.5 Å². The summed E-state index contributed by atoms with van der Waals surface area (Å²) < 4.78 is 10.5. The average Bonchev–Trinajstić information content (AvgIpc) is 3.09. The maximum Gasteiger partial charge on any atom is 0.154 e. The van der Waals surface area contributed by atoms with Crippen LogP contribution in [0.4, 0.5) is 5.69 Å². The first-order valence-corrected chi connectivity index (χ1v) is 5.81. The molecule has 0 spiro atoms. The van der Waals surface area contributed by atoms with E-state index < -0.39 is 0 Å². The Balaban J connectivity index is 2.04. The second-order valence-corrected chi connectivity index (χ2v) is 4.07. The molecular weight excluding hydrogens is 242 g/mol. The SMILES string of the molecule is COc1cccc(-c2cc(-c3ccco3)n[nH]2)c1N. The molecule has 19 heavy (non-hydrogen) atoms. The van der Waals surface area contributed by atoms with Crippen molar-refractivity contribution in [3.8, 4) is 28.5 Å². The van der Waals surface area contributed by atoms with Gasteiger partial charge >= 0.3 is 0 Å². The van der Waals surface area contributed by atoms with Crippen LogP contribution in [0.15, 0.2) is 47.1 Å². The average molecular weight is 255 g/mol. The maximum atomic E-state index is 6.06. The summed E-state index contributed by atoms with van der Waals surface area (Å²) in [7, 11) is 1.59. The molecular formula is C14H13N3O2. The number of methoxy groups -OCH3 is 1. The fraction of sp³-hybridized carbons (Fsp3) is 0.0714. The molecule has 5 nitrogen and oxygen atoms in total. The van der Waals surface area contributed by atoms with Gasteiger partial charge in [0.25, 0.3) is 0 Å². The number of para-hydroxylation sites is 1. The Bertz CT molecular complexity index is 687. The highest BCUT2D eigenvalue weighted by Gasteiger charge is 2.12. The summed E-state index contributed by atoms with van der Waals surface area (Å²) in [5.41, 5.74) is 9.05. The standard InChI is InChI=1S/C14H13N3O2/c1-18-13-5-2-4-9(14(13)15)10-8-11(17-16-10)12-6-3-7-19-12/h2-8H,15H2,1H3,(H,16,17). The van der Waals surface area contributed by atoms with E-state index in [-0.39, 0.29) is 0 Å². The quantitative estimate of drug-likeness (QED) is 0.705. The summed E-state index contributed by atoms with van der Waals surface area (Å²) in [5, 5.41) is 7.17. The third kappa shape index (κ3) is 1.95. The van der Waals surface area contributed by atoms with E-state index in [9.17, 15) is 0 Å². The number of nitrogens with one attached hydrogen (secondary N) is 1. The summed E-state index contributed by atoms with van der Waals surface area (Å²) in [5.74, 6) is 1.36. The lowest BCUT2D eigenvalue weighted by atomic mass is 10.1. The van der Waals surface area contributed by atoms with E-state index in [0.29, 0.717) is 17.2 Å². The molecule has 0 atom stereocenters.